The largest absolute Gasteiger partial charge is 0.480 e. The smallest absolute Gasteiger partial charge is 0.327 e. The molecule has 0 spiro atoms. The zero-order chi connectivity index (χ0) is 11.4. The van der Waals surface area contributed by atoms with Crippen molar-refractivity contribution >= 4 is 24.5 Å². The van der Waals surface area contributed by atoms with Gasteiger partial charge in [0.15, 0.2) is 0 Å². The average Bonchev–Trinajstić information content (AvgIpc) is 2.60. The molecule has 1 atom stereocenters. The van der Waals surface area contributed by atoms with Crippen LogP contribution in [-0.2, 0) is 4.79 Å². The number of thiol groups is 1. The highest BCUT2D eigenvalue weighted by Gasteiger charge is 2.21. The van der Waals surface area contributed by atoms with Gasteiger partial charge >= 0.3 is 5.97 Å². The number of carboxylic acid groups (broad SMARTS) is 1. The van der Waals surface area contributed by atoms with Crippen LogP contribution in [0.4, 0.5) is 0 Å². The van der Waals surface area contributed by atoms with Gasteiger partial charge in [0.2, 0.25) is 0 Å². The van der Waals surface area contributed by atoms with Crippen LogP contribution in [0.3, 0.4) is 0 Å². The van der Waals surface area contributed by atoms with Gasteiger partial charge < -0.3 is 14.9 Å². The summed E-state index contributed by atoms with van der Waals surface area (Å²) in [5.41, 5.74) is 0.225. The van der Waals surface area contributed by atoms with Crippen molar-refractivity contribution in [1.82, 2.24) is 10.5 Å². The van der Waals surface area contributed by atoms with Gasteiger partial charge in [-0.2, -0.15) is 12.6 Å². The second kappa shape index (κ2) is 4.83. The normalized spacial score (nSPS) is 12.1. The van der Waals surface area contributed by atoms with Crippen molar-refractivity contribution in [2.75, 3.05) is 5.75 Å². The minimum Gasteiger partial charge on any atom is -0.480 e. The van der Waals surface area contributed by atoms with E-state index in [9.17, 15) is 9.59 Å². The molecule has 0 aliphatic heterocycles. The Bertz CT molecular complexity index is 376. The summed E-state index contributed by atoms with van der Waals surface area (Å²) in [4.78, 5) is 22.1. The summed E-state index contributed by atoms with van der Waals surface area (Å²) >= 11 is 3.82. The molecule has 1 heterocycles. The van der Waals surface area contributed by atoms with E-state index in [2.05, 4.69) is 27.6 Å². The number of hydrogen-bond donors (Lipinski definition) is 3. The molecule has 15 heavy (non-hydrogen) atoms. The lowest BCUT2D eigenvalue weighted by atomic mass is 10.2. The van der Waals surface area contributed by atoms with E-state index in [1.807, 2.05) is 0 Å². The topological polar surface area (TPSA) is 92.4 Å². The van der Waals surface area contributed by atoms with Crippen LogP contribution < -0.4 is 5.32 Å². The Balaban J connectivity index is 2.71. The predicted molar refractivity (Wildman–Crippen MR) is 54.0 cm³/mol. The van der Waals surface area contributed by atoms with Crippen LogP contribution in [0.5, 0.6) is 0 Å². The Morgan fingerprint density at radius 3 is 2.80 bits per heavy atom. The molecule has 0 aliphatic rings. The maximum Gasteiger partial charge on any atom is 0.327 e. The summed E-state index contributed by atoms with van der Waals surface area (Å²) in [6, 6.07) is -1.02. The lowest BCUT2D eigenvalue weighted by Gasteiger charge is -2.10. The SMILES string of the molecule is Cc1oncc1C(=O)N[C@@H](CS)C(=O)O. The van der Waals surface area contributed by atoms with Gasteiger partial charge in [-0.25, -0.2) is 4.79 Å². The first-order chi connectivity index (χ1) is 7.06. The molecule has 0 unspecified atom stereocenters. The molecule has 0 aliphatic carbocycles. The molecule has 1 aromatic heterocycles. The van der Waals surface area contributed by atoms with E-state index in [-0.39, 0.29) is 11.3 Å². The molecule has 7 heteroatoms. The molecule has 1 rings (SSSR count). The fourth-order valence-corrected chi connectivity index (χ4v) is 1.19. The van der Waals surface area contributed by atoms with Gasteiger partial charge in [0.25, 0.3) is 5.91 Å². The summed E-state index contributed by atoms with van der Waals surface area (Å²) < 4.78 is 4.68. The molecular formula is C8H10N2O4S. The molecule has 1 aromatic rings. The quantitative estimate of drug-likeness (QED) is 0.638. The first-order valence-corrected chi connectivity index (χ1v) is 4.75. The number of aromatic nitrogens is 1. The van der Waals surface area contributed by atoms with E-state index in [0.29, 0.717) is 5.76 Å². The first-order valence-electron chi connectivity index (χ1n) is 4.12. The lowest BCUT2D eigenvalue weighted by Crippen LogP contribution is -2.42. The van der Waals surface area contributed by atoms with E-state index in [1.54, 1.807) is 6.92 Å². The van der Waals surface area contributed by atoms with Crippen LogP contribution in [-0.4, -0.2) is 33.9 Å². The van der Waals surface area contributed by atoms with Crippen LogP contribution in [0.15, 0.2) is 10.7 Å². The summed E-state index contributed by atoms with van der Waals surface area (Å²) in [5, 5.41) is 14.4. The third kappa shape index (κ3) is 2.72. The monoisotopic (exact) mass is 230 g/mol. The fourth-order valence-electron chi connectivity index (χ4n) is 0.938. The third-order valence-electron chi connectivity index (χ3n) is 1.78. The van der Waals surface area contributed by atoms with Crippen molar-refractivity contribution in [2.45, 2.75) is 13.0 Å². The molecule has 0 saturated carbocycles. The van der Waals surface area contributed by atoms with Gasteiger partial charge in [-0.15, -0.1) is 0 Å². The van der Waals surface area contributed by atoms with Crippen LogP contribution in [0.2, 0.25) is 0 Å². The first kappa shape index (κ1) is 11.6. The minimum atomic E-state index is -1.13. The lowest BCUT2D eigenvalue weighted by molar-refractivity contribution is -0.138. The van der Waals surface area contributed by atoms with Crippen molar-refractivity contribution in [2.24, 2.45) is 0 Å². The van der Waals surface area contributed by atoms with E-state index in [4.69, 9.17) is 5.11 Å². The zero-order valence-electron chi connectivity index (χ0n) is 7.93. The van der Waals surface area contributed by atoms with Crippen molar-refractivity contribution in [1.29, 1.82) is 0 Å². The number of nitrogens with one attached hydrogen (secondary N) is 1. The second-order valence-corrected chi connectivity index (χ2v) is 3.21. The Morgan fingerprint density at radius 2 is 2.40 bits per heavy atom. The molecule has 1 amide bonds. The molecule has 2 N–H and O–H groups in total. The van der Waals surface area contributed by atoms with Crippen molar-refractivity contribution in [3.05, 3.63) is 17.5 Å². The van der Waals surface area contributed by atoms with Crippen LogP contribution in [0.25, 0.3) is 0 Å². The van der Waals surface area contributed by atoms with E-state index < -0.39 is 17.9 Å². The molecule has 82 valence electrons. The molecule has 0 fully saturated rings. The van der Waals surface area contributed by atoms with Crippen LogP contribution >= 0.6 is 12.6 Å². The Labute approximate surface area is 91.0 Å². The fraction of sp³-hybridized carbons (Fsp3) is 0.375. The number of amides is 1. The Hall–Kier alpha value is -1.50. The number of nitrogens with zero attached hydrogens (tertiary/aromatic N) is 1. The highest BCUT2D eigenvalue weighted by Crippen LogP contribution is 2.05. The zero-order valence-corrected chi connectivity index (χ0v) is 8.82. The van der Waals surface area contributed by atoms with Gasteiger partial charge in [-0.1, -0.05) is 5.16 Å². The Morgan fingerprint density at radius 1 is 1.73 bits per heavy atom. The highest BCUT2D eigenvalue weighted by atomic mass is 32.1. The van der Waals surface area contributed by atoms with Gasteiger partial charge in [0.1, 0.15) is 17.4 Å². The number of aliphatic carboxylic acids is 1. The molecule has 0 aromatic carbocycles. The number of aryl methyl sites for hydroxylation is 1. The maximum atomic E-state index is 11.5. The van der Waals surface area contributed by atoms with Gasteiger partial charge in [-0.05, 0) is 6.92 Å². The van der Waals surface area contributed by atoms with Crippen molar-refractivity contribution < 1.29 is 19.2 Å². The molecule has 0 saturated heterocycles. The molecule has 0 radical (unpaired) electrons. The number of carbonyl (C=O) groups excluding carboxylic acids is 1. The summed E-state index contributed by atoms with van der Waals surface area (Å²) in [5.74, 6) is -1.30. The summed E-state index contributed by atoms with van der Waals surface area (Å²) in [7, 11) is 0. The van der Waals surface area contributed by atoms with Gasteiger partial charge in [0, 0.05) is 5.75 Å². The molecule has 6 nitrogen and oxygen atoms in total. The second-order valence-electron chi connectivity index (χ2n) is 2.84. The van der Waals surface area contributed by atoms with Crippen LogP contribution in [0, 0.1) is 6.92 Å². The van der Waals surface area contributed by atoms with E-state index >= 15 is 0 Å². The van der Waals surface area contributed by atoms with E-state index in [1.165, 1.54) is 6.20 Å². The number of carbonyl (C=O) groups is 2. The number of carboxylic acids is 1. The summed E-state index contributed by atoms with van der Waals surface area (Å²) in [6.45, 7) is 1.57. The van der Waals surface area contributed by atoms with E-state index in [0.717, 1.165) is 0 Å². The maximum absolute atomic E-state index is 11.5. The molecular weight excluding hydrogens is 220 g/mol. The third-order valence-corrected chi connectivity index (χ3v) is 2.15. The predicted octanol–water partition coefficient (Wildman–Crippen LogP) is 0.0958. The summed E-state index contributed by atoms with van der Waals surface area (Å²) in [6.07, 6.45) is 1.24. The van der Waals surface area contributed by atoms with Crippen molar-refractivity contribution in [3.63, 3.8) is 0 Å². The highest BCUT2D eigenvalue weighted by molar-refractivity contribution is 7.80. The van der Waals surface area contributed by atoms with Gasteiger partial charge in [-0.3, -0.25) is 4.79 Å². The average molecular weight is 230 g/mol. The Kier molecular flexibility index (Phi) is 3.73. The number of hydrogen-bond acceptors (Lipinski definition) is 5. The van der Waals surface area contributed by atoms with Crippen LogP contribution in [0.1, 0.15) is 16.1 Å². The standard InChI is InChI=1S/C8H10N2O4S/c1-4-5(2-9-14-4)7(11)10-6(3-15)8(12)13/h2,6,15H,3H2,1H3,(H,10,11)(H,12,13)/t6-/m0/s1. The van der Waals surface area contributed by atoms with Crippen molar-refractivity contribution in [3.8, 4) is 0 Å². The van der Waals surface area contributed by atoms with Gasteiger partial charge in [0.05, 0.1) is 6.20 Å². The molecule has 0 bridgehead atoms. The minimum absolute atomic E-state index is 0.0192. The number of rotatable bonds is 4.